The lowest BCUT2D eigenvalue weighted by Gasteiger charge is -2.47. The zero-order valence-electron chi connectivity index (χ0n) is 13.3. The highest BCUT2D eigenvalue weighted by Crippen LogP contribution is 2.40. The molecule has 2 heterocycles. The van der Waals surface area contributed by atoms with Crippen LogP contribution in [-0.2, 0) is 9.53 Å². The zero-order valence-corrected chi connectivity index (χ0v) is 13.3. The molecule has 1 saturated heterocycles. The topological polar surface area (TPSA) is 149 Å². The Morgan fingerprint density at radius 2 is 2.12 bits per heavy atom. The van der Waals surface area contributed by atoms with Crippen molar-refractivity contribution >= 4 is 11.6 Å². The van der Waals surface area contributed by atoms with Crippen molar-refractivity contribution in [2.75, 3.05) is 25.4 Å². The first kappa shape index (κ1) is 17.9. The summed E-state index contributed by atoms with van der Waals surface area (Å²) in [5.41, 5.74) is -2.31. The zero-order chi connectivity index (χ0) is 18.4. The van der Waals surface area contributed by atoms with Crippen LogP contribution in [0.1, 0.15) is 0 Å². The number of amides is 1. The number of hydrogen-bond acceptors (Lipinski definition) is 9. The van der Waals surface area contributed by atoms with Crippen LogP contribution in [0.25, 0.3) is 0 Å². The monoisotopic (exact) mass is 357 g/mol. The van der Waals surface area contributed by atoms with Crippen LogP contribution in [-0.4, -0.2) is 81.9 Å². The lowest BCUT2D eigenvalue weighted by molar-refractivity contribution is -0.261. The van der Waals surface area contributed by atoms with Gasteiger partial charge >= 0.3 is 0 Å². The summed E-state index contributed by atoms with van der Waals surface area (Å²) in [7, 11) is 1.42. The van der Waals surface area contributed by atoms with Crippen molar-refractivity contribution in [2.24, 2.45) is 0 Å². The minimum absolute atomic E-state index is 0.0330. The van der Waals surface area contributed by atoms with E-state index in [0.717, 1.165) is 0 Å². The van der Waals surface area contributed by atoms with Gasteiger partial charge in [0.25, 0.3) is 5.91 Å². The molecule has 0 radical (unpaired) electrons. The van der Waals surface area contributed by atoms with Gasteiger partial charge in [0.05, 0.1) is 20.3 Å². The third-order valence-corrected chi connectivity index (χ3v) is 4.45. The molecule has 2 aliphatic heterocycles. The Labute approximate surface area is 142 Å². The van der Waals surface area contributed by atoms with Crippen LogP contribution in [0.2, 0.25) is 0 Å². The number of hydroxylamine groups is 1. The average Bonchev–Trinajstić information content (AvgIpc) is 2.62. The predicted octanol–water partition coefficient (Wildman–Crippen LogP) is -1.98. The fourth-order valence-electron chi connectivity index (χ4n) is 2.93. The van der Waals surface area contributed by atoms with E-state index in [0.29, 0.717) is 5.75 Å². The van der Waals surface area contributed by atoms with Crippen LogP contribution >= 0.6 is 0 Å². The van der Waals surface area contributed by atoms with Gasteiger partial charge in [0.15, 0.2) is 11.4 Å². The van der Waals surface area contributed by atoms with Crippen molar-refractivity contribution < 1.29 is 44.6 Å². The number of methoxy groups -OCH3 is 1. The maximum Gasteiger partial charge on any atom is 0.295 e. The molecule has 0 bridgehead atoms. The Balaban J connectivity index is 1.95. The standard InChI is InChI=1S/C15H19NO9/c1-23-7-2-3-8-9(4-7)25-13(14(20)16(8)22)15(21)6-24-10(5-17)11(18)12(15)19/h2-4,10-13,17-19,21-22H,5-6H2,1H3/t10-,11-,12+,13?,15-/m1/s1. The third kappa shape index (κ3) is 2.72. The fraction of sp³-hybridized carbons (Fsp3) is 0.533. The summed E-state index contributed by atoms with van der Waals surface area (Å²) < 4.78 is 15.7. The van der Waals surface area contributed by atoms with Crippen molar-refractivity contribution in [1.82, 2.24) is 0 Å². The highest BCUT2D eigenvalue weighted by atomic mass is 16.6. The van der Waals surface area contributed by atoms with Crippen LogP contribution < -0.4 is 14.5 Å². The van der Waals surface area contributed by atoms with Crippen LogP contribution in [0.3, 0.4) is 0 Å². The van der Waals surface area contributed by atoms with Gasteiger partial charge in [-0.25, -0.2) is 0 Å². The van der Waals surface area contributed by atoms with E-state index < -0.39 is 49.1 Å². The lowest BCUT2D eigenvalue weighted by Crippen LogP contribution is -2.71. The van der Waals surface area contributed by atoms with E-state index in [2.05, 4.69) is 0 Å². The maximum atomic E-state index is 12.4. The smallest absolute Gasteiger partial charge is 0.295 e. The van der Waals surface area contributed by atoms with Gasteiger partial charge < -0.3 is 34.6 Å². The van der Waals surface area contributed by atoms with Gasteiger partial charge in [-0.2, -0.15) is 5.06 Å². The number of aliphatic hydroxyl groups excluding tert-OH is 3. The van der Waals surface area contributed by atoms with Gasteiger partial charge in [0, 0.05) is 6.07 Å². The van der Waals surface area contributed by atoms with E-state index in [9.17, 15) is 25.3 Å². The molecular weight excluding hydrogens is 338 g/mol. The number of aliphatic hydroxyl groups is 4. The van der Waals surface area contributed by atoms with Crippen LogP contribution in [0.15, 0.2) is 18.2 Å². The average molecular weight is 357 g/mol. The summed E-state index contributed by atoms with van der Waals surface area (Å²) in [4.78, 5) is 12.4. The Bertz CT molecular complexity index is 668. The number of rotatable bonds is 3. The number of anilines is 1. The Hall–Kier alpha value is -1.95. The summed E-state index contributed by atoms with van der Waals surface area (Å²) in [6, 6.07) is 4.28. The largest absolute Gasteiger partial charge is 0.497 e. The summed E-state index contributed by atoms with van der Waals surface area (Å²) in [6.07, 6.45) is -6.38. The number of carbonyl (C=O) groups is 1. The first-order valence-electron chi connectivity index (χ1n) is 7.52. The molecular formula is C15H19NO9. The molecule has 0 aromatic heterocycles. The van der Waals surface area contributed by atoms with Gasteiger partial charge in [-0.05, 0) is 12.1 Å². The number of carbonyl (C=O) groups excluding carboxylic acids is 1. The van der Waals surface area contributed by atoms with Gasteiger partial charge in [0.2, 0.25) is 6.10 Å². The summed E-state index contributed by atoms with van der Waals surface area (Å²) in [5.74, 6) is -0.628. The number of hydrogen-bond donors (Lipinski definition) is 5. The summed E-state index contributed by atoms with van der Waals surface area (Å²) in [6.45, 7) is -1.18. The first-order chi connectivity index (χ1) is 11.8. The fourth-order valence-corrected chi connectivity index (χ4v) is 2.93. The maximum absolute atomic E-state index is 12.4. The van der Waals surface area contributed by atoms with Crippen molar-refractivity contribution in [3.63, 3.8) is 0 Å². The molecule has 1 aromatic carbocycles. The Kier molecular flexibility index (Phi) is 4.58. The highest BCUT2D eigenvalue weighted by Gasteiger charge is 2.58. The molecule has 5 N–H and O–H groups in total. The van der Waals surface area contributed by atoms with Crippen LogP contribution in [0.4, 0.5) is 5.69 Å². The van der Waals surface area contributed by atoms with Crippen molar-refractivity contribution in [3.8, 4) is 11.5 Å². The molecule has 1 aromatic rings. The number of ether oxygens (including phenoxy) is 3. The van der Waals surface area contributed by atoms with E-state index in [1.807, 2.05) is 0 Å². The van der Waals surface area contributed by atoms with E-state index in [4.69, 9.17) is 19.3 Å². The molecule has 3 rings (SSSR count). The number of benzene rings is 1. The lowest BCUT2D eigenvalue weighted by atomic mass is 9.82. The molecule has 0 spiro atoms. The molecule has 2 aliphatic rings. The molecule has 5 atom stereocenters. The quantitative estimate of drug-likeness (QED) is 0.388. The van der Waals surface area contributed by atoms with Gasteiger partial charge in [-0.1, -0.05) is 0 Å². The Morgan fingerprint density at radius 1 is 1.40 bits per heavy atom. The molecule has 10 heteroatoms. The SMILES string of the molecule is COc1ccc2c(c1)OC([C@@]1(O)CO[C@H](CO)[C@@H](O)[C@@H]1O)C(=O)N2O. The van der Waals surface area contributed by atoms with Crippen molar-refractivity contribution in [1.29, 1.82) is 0 Å². The molecule has 138 valence electrons. The number of nitrogens with zero attached hydrogens (tertiary/aromatic N) is 1. The molecule has 10 nitrogen and oxygen atoms in total. The molecule has 1 unspecified atom stereocenters. The second kappa shape index (κ2) is 6.41. The van der Waals surface area contributed by atoms with Gasteiger partial charge in [-0.15, -0.1) is 0 Å². The summed E-state index contributed by atoms with van der Waals surface area (Å²) in [5, 5.41) is 50.5. The molecule has 0 aliphatic carbocycles. The van der Waals surface area contributed by atoms with E-state index in [-0.39, 0.29) is 16.5 Å². The van der Waals surface area contributed by atoms with E-state index >= 15 is 0 Å². The normalized spacial score (nSPS) is 35.1. The highest BCUT2D eigenvalue weighted by molar-refractivity contribution is 5.99. The number of fused-ring (bicyclic) bond motifs is 1. The molecule has 25 heavy (non-hydrogen) atoms. The van der Waals surface area contributed by atoms with E-state index in [1.165, 1.54) is 25.3 Å². The molecule has 1 amide bonds. The summed E-state index contributed by atoms with van der Waals surface area (Å²) >= 11 is 0. The van der Waals surface area contributed by atoms with E-state index in [1.54, 1.807) is 0 Å². The third-order valence-electron chi connectivity index (χ3n) is 4.45. The van der Waals surface area contributed by atoms with Crippen molar-refractivity contribution in [3.05, 3.63) is 18.2 Å². The second-order valence-electron chi connectivity index (χ2n) is 5.94. The van der Waals surface area contributed by atoms with Crippen LogP contribution in [0, 0.1) is 0 Å². The predicted molar refractivity (Wildman–Crippen MR) is 80.5 cm³/mol. The van der Waals surface area contributed by atoms with Crippen molar-refractivity contribution in [2.45, 2.75) is 30.0 Å². The molecule has 1 fully saturated rings. The van der Waals surface area contributed by atoms with Gasteiger partial charge in [-0.3, -0.25) is 10.0 Å². The van der Waals surface area contributed by atoms with Crippen LogP contribution in [0.5, 0.6) is 11.5 Å². The minimum atomic E-state index is -2.34. The molecule has 0 saturated carbocycles. The van der Waals surface area contributed by atoms with Gasteiger partial charge in [0.1, 0.15) is 29.7 Å². The minimum Gasteiger partial charge on any atom is -0.497 e. The Morgan fingerprint density at radius 3 is 2.76 bits per heavy atom. The second-order valence-corrected chi connectivity index (χ2v) is 5.94. The first-order valence-corrected chi connectivity index (χ1v) is 7.52.